The zero-order chi connectivity index (χ0) is 11.1. The van der Waals surface area contributed by atoms with Crippen molar-refractivity contribution in [2.75, 3.05) is 13.7 Å². The van der Waals surface area contributed by atoms with Crippen LogP contribution in [0.3, 0.4) is 0 Å². The Morgan fingerprint density at radius 2 is 2.47 bits per heavy atom. The largest absolute Gasteiger partial charge is 0.497 e. The van der Waals surface area contributed by atoms with Crippen molar-refractivity contribution in [3.63, 3.8) is 0 Å². The molecule has 86 valence electrons. The van der Waals surface area contributed by atoms with Crippen LogP contribution < -0.4 is 5.90 Å². The van der Waals surface area contributed by atoms with Gasteiger partial charge in [-0.05, 0) is 18.6 Å². The Balaban J connectivity index is 2.15. The molecule has 5 heteroatoms. The van der Waals surface area contributed by atoms with E-state index < -0.39 is 6.29 Å². The summed E-state index contributed by atoms with van der Waals surface area (Å²) in [6.07, 6.45) is 5.97. The number of ether oxygens (including phenoxy) is 2. The fraction of sp³-hybridized carbons (Fsp3) is 0.600. The summed E-state index contributed by atoms with van der Waals surface area (Å²) in [6, 6.07) is 0. The molecule has 1 aliphatic carbocycles. The molecule has 0 aromatic carbocycles. The second-order valence-corrected chi connectivity index (χ2v) is 3.19. The van der Waals surface area contributed by atoms with E-state index in [9.17, 15) is 0 Å². The van der Waals surface area contributed by atoms with Crippen molar-refractivity contribution >= 4 is 0 Å². The summed E-state index contributed by atoms with van der Waals surface area (Å²) >= 11 is 0. The summed E-state index contributed by atoms with van der Waals surface area (Å²) in [5.41, 5.74) is 0. The lowest BCUT2D eigenvalue weighted by Crippen LogP contribution is -2.21. The number of hydrogen-bond donors (Lipinski definition) is 2. The van der Waals surface area contributed by atoms with Crippen molar-refractivity contribution in [2.24, 2.45) is 5.90 Å². The fourth-order valence-corrected chi connectivity index (χ4v) is 1.24. The minimum atomic E-state index is -0.956. The Morgan fingerprint density at radius 3 is 3.00 bits per heavy atom. The lowest BCUT2D eigenvalue weighted by Gasteiger charge is -2.17. The first kappa shape index (κ1) is 12.2. The molecule has 0 saturated heterocycles. The van der Waals surface area contributed by atoms with Crippen LogP contribution in [-0.4, -0.2) is 31.2 Å². The number of hydrogen-bond acceptors (Lipinski definition) is 5. The molecule has 0 bridgehead atoms. The Kier molecular flexibility index (Phi) is 5.34. The van der Waals surface area contributed by atoms with Gasteiger partial charge in [0.05, 0.1) is 19.8 Å². The summed E-state index contributed by atoms with van der Waals surface area (Å²) in [4.78, 5) is 4.20. The molecular formula is C10H17NO4. The van der Waals surface area contributed by atoms with Gasteiger partial charge in [-0.25, -0.2) is 5.90 Å². The molecule has 0 saturated carbocycles. The van der Waals surface area contributed by atoms with E-state index >= 15 is 0 Å². The monoisotopic (exact) mass is 215 g/mol. The van der Waals surface area contributed by atoms with Gasteiger partial charge in [0, 0.05) is 6.42 Å². The lowest BCUT2D eigenvalue weighted by atomic mass is 10.1. The van der Waals surface area contributed by atoms with Crippen LogP contribution in [0.25, 0.3) is 0 Å². The highest BCUT2D eigenvalue weighted by Gasteiger charge is 2.10. The van der Waals surface area contributed by atoms with Crippen LogP contribution in [0.5, 0.6) is 0 Å². The second kappa shape index (κ2) is 6.58. The van der Waals surface area contributed by atoms with Gasteiger partial charge in [-0.1, -0.05) is 6.08 Å². The highest BCUT2D eigenvalue weighted by molar-refractivity contribution is 5.18. The zero-order valence-electron chi connectivity index (χ0n) is 8.76. The third-order valence-corrected chi connectivity index (χ3v) is 2.12. The van der Waals surface area contributed by atoms with Gasteiger partial charge in [-0.3, -0.25) is 4.84 Å². The summed E-state index contributed by atoms with van der Waals surface area (Å²) < 4.78 is 10.5. The number of methoxy groups -OCH3 is 1. The molecule has 0 aromatic heterocycles. The number of nitrogens with two attached hydrogens (primary N) is 1. The predicted molar refractivity (Wildman–Crippen MR) is 54.5 cm³/mol. The van der Waals surface area contributed by atoms with Crippen molar-refractivity contribution in [2.45, 2.75) is 25.2 Å². The quantitative estimate of drug-likeness (QED) is 0.497. The molecule has 0 amide bonds. The molecule has 0 aromatic rings. The molecule has 0 fully saturated rings. The number of aliphatic hydroxyl groups excluding tert-OH is 1. The highest BCUT2D eigenvalue weighted by atomic mass is 16.7. The molecule has 5 nitrogen and oxygen atoms in total. The average molecular weight is 215 g/mol. The van der Waals surface area contributed by atoms with E-state index in [0.717, 1.165) is 12.2 Å². The SMILES string of the molecule is COC1=CCC(OCCC(O)ON)C=C1. The van der Waals surface area contributed by atoms with E-state index in [-0.39, 0.29) is 6.10 Å². The summed E-state index contributed by atoms with van der Waals surface area (Å²) in [5, 5.41) is 8.99. The van der Waals surface area contributed by atoms with E-state index in [4.69, 9.17) is 20.5 Å². The second-order valence-electron chi connectivity index (χ2n) is 3.19. The Hall–Kier alpha value is -0.880. The van der Waals surface area contributed by atoms with Crippen LogP contribution in [-0.2, 0) is 14.3 Å². The first-order chi connectivity index (χ1) is 7.26. The van der Waals surface area contributed by atoms with Gasteiger partial charge < -0.3 is 14.6 Å². The predicted octanol–water partition coefficient (Wildman–Crippen LogP) is 0.461. The molecule has 1 rings (SSSR count). The number of aliphatic hydroxyl groups is 1. The zero-order valence-corrected chi connectivity index (χ0v) is 8.76. The van der Waals surface area contributed by atoms with Gasteiger partial charge in [0.15, 0.2) is 6.29 Å². The van der Waals surface area contributed by atoms with Crippen molar-refractivity contribution in [1.82, 2.24) is 0 Å². The summed E-state index contributed by atoms with van der Waals surface area (Å²) in [5.74, 6) is 5.63. The van der Waals surface area contributed by atoms with Gasteiger partial charge in [-0.2, -0.15) is 0 Å². The van der Waals surface area contributed by atoms with Gasteiger partial charge in [0.25, 0.3) is 0 Å². The van der Waals surface area contributed by atoms with Crippen LogP contribution in [0.15, 0.2) is 24.0 Å². The smallest absolute Gasteiger partial charge is 0.176 e. The maximum atomic E-state index is 8.99. The molecule has 2 atom stereocenters. The maximum absolute atomic E-state index is 8.99. The van der Waals surface area contributed by atoms with Crippen LogP contribution in [0.4, 0.5) is 0 Å². The molecule has 0 aliphatic heterocycles. The van der Waals surface area contributed by atoms with E-state index in [1.165, 1.54) is 0 Å². The number of rotatable bonds is 6. The molecule has 1 aliphatic rings. The minimum absolute atomic E-state index is 0.0360. The molecule has 3 N–H and O–H groups in total. The molecule has 0 heterocycles. The van der Waals surface area contributed by atoms with E-state index in [1.54, 1.807) is 7.11 Å². The van der Waals surface area contributed by atoms with Crippen LogP contribution in [0.2, 0.25) is 0 Å². The first-order valence-electron chi connectivity index (χ1n) is 4.84. The lowest BCUT2D eigenvalue weighted by molar-refractivity contribution is -0.117. The Labute approximate surface area is 89.1 Å². The molecule has 2 unspecified atom stereocenters. The summed E-state index contributed by atoms with van der Waals surface area (Å²) in [6.45, 7) is 0.406. The average Bonchev–Trinajstić information content (AvgIpc) is 2.29. The molecule has 0 radical (unpaired) electrons. The third kappa shape index (κ3) is 4.44. The van der Waals surface area contributed by atoms with Crippen molar-refractivity contribution in [1.29, 1.82) is 0 Å². The molecule has 15 heavy (non-hydrogen) atoms. The van der Waals surface area contributed by atoms with Crippen LogP contribution >= 0.6 is 0 Å². The van der Waals surface area contributed by atoms with Gasteiger partial charge in [0.2, 0.25) is 0 Å². The normalized spacial score (nSPS) is 22.3. The molecular weight excluding hydrogens is 198 g/mol. The highest BCUT2D eigenvalue weighted by Crippen LogP contribution is 2.13. The van der Waals surface area contributed by atoms with Crippen LogP contribution in [0, 0.1) is 0 Å². The topological polar surface area (TPSA) is 73.9 Å². The van der Waals surface area contributed by atoms with E-state index in [1.807, 2.05) is 18.2 Å². The Bertz CT molecular complexity index is 240. The van der Waals surface area contributed by atoms with Crippen molar-refractivity contribution in [3.8, 4) is 0 Å². The van der Waals surface area contributed by atoms with E-state index in [0.29, 0.717) is 13.0 Å². The Morgan fingerprint density at radius 1 is 1.67 bits per heavy atom. The van der Waals surface area contributed by atoms with Gasteiger partial charge in [0.1, 0.15) is 5.76 Å². The third-order valence-electron chi connectivity index (χ3n) is 2.12. The van der Waals surface area contributed by atoms with Crippen LogP contribution in [0.1, 0.15) is 12.8 Å². The minimum Gasteiger partial charge on any atom is -0.497 e. The first-order valence-corrected chi connectivity index (χ1v) is 4.84. The fourth-order valence-electron chi connectivity index (χ4n) is 1.24. The van der Waals surface area contributed by atoms with Crippen molar-refractivity contribution in [3.05, 3.63) is 24.0 Å². The standard InChI is InChI=1S/C10H17NO4/c1-13-8-2-4-9(5-3-8)14-7-6-10(12)15-11/h2-4,9-10,12H,5-7,11H2,1H3. The van der Waals surface area contributed by atoms with Gasteiger partial charge in [-0.15, -0.1) is 0 Å². The summed E-state index contributed by atoms with van der Waals surface area (Å²) in [7, 11) is 1.63. The molecule has 0 spiro atoms. The van der Waals surface area contributed by atoms with Crippen molar-refractivity contribution < 1.29 is 19.4 Å². The maximum Gasteiger partial charge on any atom is 0.176 e. The number of allylic oxidation sites excluding steroid dienone is 1. The van der Waals surface area contributed by atoms with Gasteiger partial charge >= 0.3 is 0 Å². The van der Waals surface area contributed by atoms with E-state index in [2.05, 4.69) is 4.84 Å².